The molecule has 0 bridgehead atoms. The maximum atomic E-state index is 8.54. The fraction of sp³-hybridized carbons (Fsp3) is 0.400. The lowest BCUT2D eigenvalue weighted by Crippen LogP contribution is -2.17. The summed E-state index contributed by atoms with van der Waals surface area (Å²) in [5.74, 6) is 0. The number of nitriles is 1. The van der Waals surface area contributed by atoms with Gasteiger partial charge in [0.15, 0.2) is 0 Å². The van der Waals surface area contributed by atoms with Gasteiger partial charge in [-0.05, 0) is 18.6 Å². The zero-order valence-corrected chi connectivity index (χ0v) is 7.99. The summed E-state index contributed by atoms with van der Waals surface area (Å²) >= 11 is 0. The summed E-state index contributed by atoms with van der Waals surface area (Å²) in [6.07, 6.45) is 2.84. The lowest BCUT2D eigenvalue weighted by atomic mass is 10.3. The summed E-state index contributed by atoms with van der Waals surface area (Å²) in [4.78, 5) is 6.12. The van der Waals surface area contributed by atoms with Crippen LogP contribution in [-0.2, 0) is 0 Å². The largest absolute Gasteiger partial charge is 0.373 e. The molecular weight excluding hydrogens is 162 g/mol. The van der Waals surface area contributed by atoms with Gasteiger partial charge in [0, 0.05) is 13.6 Å². The van der Waals surface area contributed by atoms with Crippen molar-refractivity contribution in [3.05, 3.63) is 24.0 Å². The first-order chi connectivity index (χ1) is 6.27. The molecule has 13 heavy (non-hydrogen) atoms. The predicted molar refractivity (Wildman–Crippen MR) is 52.5 cm³/mol. The van der Waals surface area contributed by atoms with E-state index in [1.54, 1.807) is 12.3 Å². The Labute approximate surface area is 78.6 Å². The summed E-state index contributed by atoms with van der Waals surface area (Å²) in [5, 5.41) is 8.54. The van der Waals surface area contributed by atoms with Crippen LogP contribution < -0.4 is 4.90 Å². The summed E-state index contributed by atoms with van der Waals surface area (Å²) < 4.78 is 0. The zero-order valence-electron chi connectivity index (χ0n) is 7.99. The number of pyridine rings is 1. The fourth-order valence-corrected chi connectivity index (χ4v) is 1.14. The molecule has 1 heterocycles. The lowest BCUT2D eigenvalue weighted by molar-refractivity contribution is 0.849. The third-order valence-corrected chi connectivity index (χ3v) is 1.86. The molecule has 0 saturated heterocycles. The van der Waals surface area contributed by atoms with Crippen molar-refractivity contribution in [1.82, 2.24) is 4.98 Å². The predicted octanol–water partition coefficient (Wildman–Crippen LogP) is 1.80. The molecule has 3 nitrogen and oxygen atoms in total. The van der Waals surface area contributed by atoms with Crippen LogP contribution in [0.1, 0.15) is 19.0 Å². The quantitative estimate of drug-likeness (QED) is 0.703. The van der Waals surface area contributed by atoms with Gasteiger partial charge in [-0.15, -0.1) is 0 Å². The number of nitrogens with zero attached hydrogens (tertiary/aromatic N) is 3. The van der Waals surface area contributed by atoms with Crippen LogP contribution in [0.3, 0.4) is 0 Å². The highest BCUT2D eigenvalue weighted by molar-refractivity contribution is 5.44. The number of anilines is 1. The first-order valence-electron chi connectivity index (χ1n) is 4.35. The normalized spacial score (nSPS) is 9.31. The number of hydrogen-bond donors (Lipinski definition) is 0. The molecule has 68 valence electrons. The highest BCUT2D eigenvalue weighted by Gasteiger charge is 1.99. The van der Waals surface area contributed by atoms with E-state index in [2.05, 4.69) is 16.8 Å². The third-order valence-electron chi connectivity index (χ3n) is 1.86. The van der Waals surface area contributed by atoms with Gasteiger partial charge in [-0.3, -0.25) is 0 Å². The minimum Gasteiger partial charge on any atom is -0.373 e. The van der Waals surface area contributed by atoms with Crippen molar-refractivity contribution in [2.45, 2.75) is 13.3 Å². The molecule has 0 aliphatic carbocycles. The Morgan fingerprint density at radius 3 is 2.77 bits per heavy atom. The molecule has 1 aromatic heterocycles. The second-order valence-electron chi connectivity index (χ2n) is 2.93. The Morgan fingerprint density at radius 1 is 1.54 bits per heavy atom. The van der Waals surface area contributed by atoms with Crippen molar-refractivity contribution >= 4 is 5.69 Å². The van der Waals surface area contributed by atoms with Crippen LogP contribution in [0.2, 0.25) is 0 Å². The van der Waals surface area contributed by atoms with Gasteiger partial charge < -0.3 is 4.90 Å². The molecule has 0 radical (unpaired) electrons. The lowest BCUT2D eigenvalue weighted by Gasteiger charge is -2.17. The van der Waals surface area contributed by atoms with Crippen LogP contribution in [0, 0.1) is 11.3 Å². The maximum absolute atomic E-state index is 8.54. The van der Waals surface area contributed by atoms with Gasteiger partial charge in [0.25, 0.3) is 0 Å². The molecule has 0 aliphatic rings. The second-order valence-corrected chi connectivity index (χ2v) is 2.93. The topological polar surface area (TPSA) is 39.9 Å². The smallest absolute Gasteiger partial charge is 0.140 e. The average Bonchev–Trinajstić information content (AvgIpc) is 2.18. The highest BCUT2D eigenvalue weighted by atomic mass is 15.1. The standard InChI is InChI=1S/C10H13N3/c1-3-6-13(2)10-5-4-9(7-11)12-8-10/h4-5,8H,3,6H2,1-2H3. The van der Waals surface area contributed by atoms with E-state index in [0.29, 0.717) is 5.69 Å². The van der Waals surface area contributed by atoms with E-state index in [1.807, 2.05) is 19.2 Å². The summed E-state index contributed by atoms with van der Waals surface area (Å²) in [6, 6.07) is 5.65. The van der Waals surface area contributed by atoms with E-state index in [9.17, 15) is 0 Å². The minimum atomic E-state index is 0.466. The number of aromatic nitrogens is 1. The Bertz CT molecular complexity index is 297. The highest BCUT2D eigenvalue weighted by Crippen LogP contribution is 2.10. The van der Waals surface area contributed by atoms with Crippen molar-refractivity contribution in [2.24, 2.45) is 0 Å². The third kappa shape index (κ3) is 2.45. The van der Waals surface area contributed by atoms with Crippen LogP contribution in [-0.4, -0.2) is 18.6 Å². The van der Waals surface area contributed by atoms with Crippen molar-refractivity contribution in [3.8, 4) is 6.07 Å². The first-order valence-corrected chi connectivity index (χ1v) is 4.35. The van der Waals surface area contributed by atoms with Gasteiger partial charge in [0.1, 0.15) is 11.8 Å². The van der Waals surface area contributed by atoms with Crippen LogP contribution in [0.4, 0.5) is 5.69 Å². The molecule has 0 aromatic carbocycles. The Morgan fingerprint density at radius 2 is 2.31 bits per heavy atom. The molecule has 1 aromatic rings. The van der Waals surface area contributed by atoms with Gasteiger partial charge >= 0.3 is 0 Å². The van der Waals surface area contributed by atoms with E-state index in [1.165, 1.54) is 0 Å². The van der Waals surface area contributed by atoms with E-state index in [0.717, 1.165) is 18.7 Å². The number of hydrogen-bond acceptors (Lipinski definition) is 3. The minimum absolute atomic E-state index is 0.466. The van der Waals surface area contributed by atoms with E-state index < -0.39 is 0 Å². The molecule has 0 amide bonds. The molecule has 0 atom stereocenters. The molecule has 0 saturated carbocycles. The summed E-state index contributed by atoms with van der Waals surface area (Å²) in [5.41, 5.74) is 1.52. The number of rotatable bonds is 3. The molecular formula is C10H13N3. The second kappa shape index (κ2) is 4.46. The van der Waals surface area contributed by atoms with Gasteiger partial charge in [-0.2, -0.15) is 5.26 Å². The van der Waals surface area contributed by atoms with Crippen molar-refractivity contribution < 1.29 is 0 Å². The van der Waals surface area contributed by atoms with Gasteiger partial charge in [-0.25, -0.2) is 4.98 Å². The molecule has 0 aliphatic heterocycles. The monoisotopic (exact) mass is 175 g/mol. The Kier molecular flexibility index (Phi) is 3.27. The van der Waals surface area contributed by atoms with Crippen LogP contribution in [0.15, 0.2) is 18.3 Å². The van der Waals surface area contributed by atoms with E-state index in [-0.39, 0.29) is 0 Å². The van der Waals surface area contributed by atoms with Gasteiger partial charge in [-0.1, -0.05) is 6.92 Å². The Balaban J connectivity index is 2.75. The average molecular weight is 175 g/mol. The molecule has 1 rings (SSSR count). The molecule has 0 fully saturated rings. The summed E-state index contributed by atoms with van der Waals surface area (Å²) in [7, 11) is 2.02. The molecule has 0 spiro atoms. The van der Waals surface area contributed by atoms with Gasteiger partial charge in [0.05, 0.1) is 11.9 Å². The fourth-order valence-electron chi connectivity index (χ4n) is 1.14. The molecule has 0 N–H and O–H groups in total. The van der Waals surface area contributed by atoms with Crippen molar-refractivity contribution in [3.63, 3.8) is 0 Å². The molecule has 3 heteroatoms. The van der Waals surface area contributed by atoms with Crippen LogP contribution in [0.25, 0.3) is 0 Å². The van der Waals surface area contributed by atoms with Crippen LogP contribution in [0.5, 0.6) is 0 Å². The summed E-state index contributed by atoms with van der Waals surface area (Å²) in [6.45, 7) is 3.14. The van der Waals surface area contributed by atoms with Crippen LogP contribution >= 0.6 is 0 Å². The zero-order chi connectivity index (χ0) is 9.68. The molecule has 0 unspecified atom stereocenters. The van der Waals surface area contributed by atoms with Gasteiger partial charge in [0.2, 0.25) is 0 Å². The van der Waals surface area contributed by atoms with E-state index >= 15 is 0 Å². The maximum Gasteiger partial charge on any atom is 0.140 e. The van der Waals surface area contributed by atoms with E-state index in [4.69, 9.17) is 5.26 Å². The van der Waals surface area contributed by atoms with Crippen molar-refractivity contribution in [2.75, 3.05) is 18.5 Å². The van der Waals surface area contributed by atoms with Crippen molar-refractivity contribution in [1.29, 1.82) is 5.26 Å². The Hall–Kier alpha value is -1.56. The first kappa shape index (κ1) is 9.53. The SMILES string of the molecule is CCCN(C)c1ccc(C#N)nc1.